The Balaban J connectivity index is 1.30. The molecule has 0 aromatic heterocycles. The number of carbonyl (C=O) groups is 12. The smallest absolute Gasteiger partial charge is 0.246 e. The molecule has 10 atom stereocenters. The molecule has 0 radical (unpaired) electrons. The maximum absolute atomic E-state index is 14.8. The Kier molecular flexibility index (Phi) is 27.9. The first-order valence-corrected chi connectivity index (χ1v) is 34.1. The summed E-state index contributed by atoms with van der Waals surface area (Å²) in [5.74, 6) is -6.82. The lowest BCUT2D eigenvalue weighted by atomic mass is 9.84. The van der Waals surface area contributed by atoms with E-state index in [1.807, 2.05) is 37.3 Å². The third-order valence-corrected chi connectivity index (χ3v) is 20.4. The number of benzene rings is 1. The molecule has 1 aliphatic carbocycles. The zero-order valence-corrected chi connectivity index (χ0v) is 57.1. The number of likely N-dealkylation sites (tertiary alicyclic amines) is 1. The molecule has 1 saturated carbocycles. The molecular weight excluding hydrogens is 1180 g/mol. The van der Waals surface area contributed by atoms with E-state index in [1.54, 1.807) is 39.6 Å². The maximum Gasteiger partial charge on any atom is 0.246 e. The van der Waals surface area contributed by atoms with Crippen LogP contribution in [0.4, 0.5) is 0 Å². The number of amides is 12. The van der Waals surface area contributed by atoms with Gasteiger partial charge in [-0.3, -0.25) is 57.5 Å². The number of nitrogens with one attached hydrogen (secondary N) is 3. The van der Waals surface area contributed by atoms with Crippen molar-refractivity contribution in [3.63, 3.8) is 0 Å². The van der Waals surface area contributed by atoms with Crippen molar-refractivity contribution in [1.29, 1.82) is 0 Å². The van der Waals surface area contributed by atoms with Crippen molar-refractivity contribution in [3.05, 3.63) is 35.9 Å². The number of carbonyl (C=O) groups excluding carboxylic acids is 12. The second kappa shape index (κ2) is 34.7. The largest absolute Gasteiger partial charge is 0.354 e. The van der Waals surface area contributed by atoms with Gasteiger partial charge in [-0.25, -0.2) is 0 Å². The van der Waals surface area contributed by atoms with Crippen molar-refractivity contribution < 1.29 is 57.5 Å². The van der Waals surface area contributed by atoms with Crippen LogP contribution in [0.5, 0.6) is 0 Å². The van der Waals surface area contributed by atoms with E-state index in [9.17, 15) is 57.5 Å². The summed E-state index contributed by atoms with van der Waals surface area (Å²) >= 11 is 0. The van der Waals surface area contributed by atoms with Gasteiger partial charge in [-0.05, 0) is 114 Å². The van der Waals surface area contributed by atoms with Crippen LogP contribution in [0.25, 0.3) is 0 Å². The molecule has 6 rings (SSSR count). The first kappa shape index (κ1) is 73.9. The lowest BCUT2D eigenvalue weighted by molar-refractivity contribution is -0.160. The minimum absolute atomic E-state index is 0.0249. The molecule has 3 N–H and O–H groups in total. The van der Waals surface area contributed by atoms with Gasteiger partial charge in [0.15, 0.2) is 0 Å². The SMILES string of the molecule is CC[C@H](C)[C@@H]1NC(=O)[C@H](C)N(C)C(=O)C[C@@H](C(=O)N2CCCCC2)N(C)C(=O)[C@H](C(C)C)N(C)C(=O)CCCCNC(=O)[C@@H]2CCCN2C(=O)[C@H](CCCc2ccccc2)NC(=O)CN(C)C(=O)[C@H](CC2CCCCC2)N(C)C(=O)[C@@H]2CCN2C(=O)[C@H](C)N(C)C1=O. The van der Waals surface area contributed by atoms with Gasteiger partial charge >= 0.3 is 0 Å². The number of fused-ring (bicyclic) bond motifs is 2. The van der Waals surface area contributed by atoms with Gasteiger partial charge in [0, 0.05) is 81.4 Å². The third kappa shape index (κ3) is 18.8. The van der Waals surface area contributed by atoms with Crippen molar-refractivity contribution in [2.45, 2.75) is 224 Å². The van der Waals surface area contributed by atoms with Gasteiger partial charge in [-0.2, -0.15) is 0 Å². The summed E-state index contributed by atoms with van der Waals surface area (Å²) in [5.41, 5.74) is 1.05. The quantitative estimate of drug-likeness (QED) is 0.304. The second-order valence-corrected chi connectivity index (χ2v) is 27.1. The van der Waals surface area contributed by atoms with Crippen LogP contribution in [0.3, 0.4) is 0 Å². The second-order valence-electron chi connectivity index (χ2n) is 27.1. The van der Waals surface area contributed by atoms with Gasteiger partial charge in [0.1, 0.15) is 54.4 Å². The van der Waals surface area contributed by atoms with Gasteiger partial charge in [-0.1, -0.05) is 96.6 Å². The van der Waals surface area contributed by atoms with E-state index >= 15 is 0 Å². The fraction of sp³-hybridized carbons (Fsp3) is 0.735. The third-order valence-electron chi connectivity index (χ3n) is 20.4. The molecular formula is C68H108N12O12. The highest BCUT2D eigenvalue weighted by Crippen LogP contribution is 2.31. The van der Waals surface area contributed by atoms with Crippen LogP contribution < -0.4 is 16.0 Å². The predicted octanol–water partition coefficient (Wildman–Crippen LogP) is 3.58. The molecule has 24 nitrogen and oxygen atoms in total. The molecule has 1 aromatic carbocycles. The average molecular weight is 1290 g/mol. The molecule has 92 heavy (non-hydrogen) atoms. The predicted molar refractivity (Wildman–Crippen MR) is 347 cm³/mol. The van der Waals surface area contributed by atoms with Crippen molar-refractivity contribution in [2.75, 3.05) is 81.6 Å². The number of nitrogens with zero attached hydrogens (tertiary/aromatic N) is 9. The van der Waals surface area contributed by atoms with E-state index < -0.39 is 138 Å². The maximum atomic E-state index is 14.8. The molecule has 5 fully saturated rings. The summed E-state index contributed by atoms with van der Waals surface area (Å²) in [7, 11) is 8.89. The Bertz CT molecular complexity index is 2760. The van der Waals surface area contributed by atoms with Gasteiger partial charge < -0.3 is 60.0 Å². The summed E-state index contributed by atoms with van der Waals surface area (Å²) in [5, 5.41) is 8.74. The summed E-state index contributed by atoms with van der Waals surface area (Å²) < 4.78 is 0. The van der Waals surface area contributed by atoms with E-state index in [2.05, 4.69) is 16.0 Å². The molecule has 512 valence electrons. The van der Waals surface area contributed by atoms with Crippen molar-refractivity contribution in [1.82, 2.24) is 60.0 Å². The fourth-order valence-electron chi connectivity index (χ4n) is 13.7. The lowest BCUT2D eigenvalue weighted by Crippen LogP contribution is -2.65. The first-order chi connectivity index (χ1) is 43.7. The number of piperidine rings is 1. The van der Waals surface area contributed by atoms with E-state index in [0.717, 1.165) is 56.9 Å². The monoisotopic (exact) mass is 1280 g/mol. The molecule has 4 aliphatic heterocycles. The van der Waals surface area contributed by atoms with Crippen molar-refractivity contribution in [3.8, 4) is 0 Å². The molecule has 4 heterocycles. The molecule has 0 unspecified atom stereocenters. The van der Waals surface area contributed by atoms with Crippen LogP contribution in [0.2, 0.25) is 0 Å². The fourth-order valence-corrected chi connectivity index (χ4v) is 13.7. The summed E-state index contributed by atoms with van der Waals surface area (Å²) in [6, 6.07) is 0.159. The van der Waals surface area contributed by atoms with E-state index in [1.165, 1.54) is 81.4 Å². The van der Waals surface area contributed by atoms with Crippen LogP contribution in [-0.4, -0.2) is 251 Å². The van der Waals surface area contributed by atoms with Crippen LogP contribution in [0.1, 0.15) is 169 Å². The van der Waals surface area contributed by atoms with Crippen LogP contribution in [0, 0.1) is 17.8 Å². The van der Waals surface area contributed by atoms with E-state index in [0.29, 0.717) is 70.9 Å². The van der Waals surface area contributed by atoms with Crippen molar-refractivity contribution >= 4 is 70.9 Å². The van der Waals surface area contributed by atoms with Gasteiger partial charge in [0.2, 0.25) is 70.9 Å². The van der Waals surface area contributed by atoms with Crippen LogP contribution in [0.15, 0.2) is 30.3 Å². The van der Waals surface area contributed by atoms with E-state index in [4.69, 9.17) is 0 Å². The summed E-state index contributed by atoms with van der Waals surface area (Å²) in [4.78, 5) is 186. The highest BCUT2D eigenvalue weighted by atomic mass is 16.2. The average Bonchev–Trinajstić information content (AvgIpc) is 0.952. The van der Waals surface area contributed by atoms with Gasteiger partial charge in [0.25, 0.3) is 0 Å². The molecule has 12 amide bonds. The zero-order chi connectivity index (χ0) is 67.7. The molecule has 0 spiro atoms. The highest BCUT2D eigenvalue weighted by Gasteiger charge is 2.47. The number of rotatable bonds is 10. The van der Waals surface area contributed by atoms with Gasteiger partial charge in [-0.15, -0.1) is 0 Å². The summed E-state index contributed by atoms with van der Waals surface area (Å²) in [6.45, 7) is 11.4. The topological polar surface area (TPSA) is 270 Å². The number of hydrogen-bond acceptors (Lipinski definition) is 12. The highest BCUT2D eigenvalue weighted by molar-refractivity contribution is 5.99. The van der Waals surface area contributed by atoms with Crippen LogP contribution in [-0.2, 0) is 64.0 Å². The lowest BCUT2D eigenvalue weighted by Gasteiger charge is -2.45. The Morgan fingerprint density at radius 2 is 1.23 bits per heavy atom. The standard InChI is InChI=1S/C68H108N12O12/c1-13-45(4)58-67(91)74(9)47(6)62(86)80-40-35-52(80)65(89)75(10)53(41-49-29-19-15-20-30-49)64(88)72(7)43-55(81)70-50(32-25-31-48-27-17-14-18-28-48)63(87)79-39-26-33-51(79)61(85)69-36-22-21-34-56(82)77(12)59(44(2)3)68(92)76(11)54(66(90)78-37-23-16-24-38-78)42-57(83)73(8)46(5)60(84)71-58/h14,17-18,27-28,44-47,49-54,58-59H,13,15-16,19-26,29-43H2,1-12H3,(H,69,85)(H,70,81)(H,71,84)/t45-,46-,47-,50-,51-,52-,53-,54-,58-,59-/m0/s1. The Labute approximate surface area is 545 Å². The molecule has 5 aliphatic rings. The summed E-state index contributed by atoms with van der Waals surface area (Å²) in [6.07, 6.45) is 10.8. The molecule has 0 bridgehead atoms. The minimum Gasteiger partial charge on any atom is -0.354 e. The zero-order valence-electron chi connectivity index (χ0n) is 57.1. The van der Waals surface area contributed by atoms with Crippen molar-refractivity contribution in [2.24, 2.45) is 17.8 Å². The van der Waals surface area contributed by atoms with E-state index in [-0.39, 0.29) is 50.2 Å². The van der Waals surface area contributed by atoms with Crippen LogP contribution >= 0.6 is 0 Å². The molecule has 4 saturated heterocycles. The Morgan fingerprint density at radius 1 is 0.576 bits per heavy atom. The van der Waals surface area contributed by atoms with Gasteiger partial charge in [0.05, 0.1) is 13.0 Å². The minimum atomic E-state index is -1.30. The number of hydrogen-bond donors (Lipinski definition) is 3. The number of aryl methyl sites for hydroxylation is 1. The molecule has 24 heteroatoms. The molecule has 1 aromatic rings. The first-order valence-electron chi connectivity index (χ1n) is 34.1. The Morgan fingerprint density at radius 3 is 1.86 bits per heavy atom. The normalized spacial score (nSPS) is 28.0. The number of likely N-dealkylation sites (N-methyl/N-ethyl adjacent to an activating group) is 6. The Hall–Kier alpha value is -7.14.